The fraction of sp³-hybridized carbons (Fsp3) is 0.214. The lowest BCUT2D eigenvalue weighted by molar-refractivity contribution is 0.355. The standard InChI is InChI=1S/C14H15ClN2O2/c1-18-13-6-11(15)12(7-14(13)19-2)17-9-10-4-3-5-16-8-10/h3-8,17H,9H2,1-2H3. The topological polar surface area (TPSA) is 43.4 Å². The molecule has 0 aliphatic rings. The summed E-state index contributed by atoms with van der Waals surface area (Å²) in [6.07, 6.45) is 3.55. The fourth-order valence-electron chi connectivity index (χ4n) is 1.69. The van der Waals surface area contributed by atoms with E-state index in [1.165, 1.54) is 0 Å². The minimum atomic E-state index is 0.585. The maximum atomic E-state index is 6.19. The molecule has 0 atom stereocenters. The van der Waals surface area contributed by atoms with E-state index >= 15 is 0 Å². The molecule has 0 saturated heterocycles. The van der Waals surface area contributed by atoms with Gasteiger partial charge in [-0.05, 0) is 11.6 Å². The Balaban J connectivity index is 2.16. The van der Waals surface area contributed by atoms with Gasteiger partial charge < -0.3 is 14.8 Å². The van der Waals surface area contributed by atoms with Crippen molar-refractivity contribution in [2.24, 2.45) is 0 Å². The Morgan fingerprint density at radius 2 is 1.95 bits per heavy atom. The Hall–Kier alpha value is -1.94. The molecular weight excluding hydrogens is 264 g/mol. The van der Waals surface area contributed by atoms with Crippen molar-refractivity contribution in [1.29, 1.82) is 0 Å². The SMILES string of the molecule is COc1cc(Cl)c(NCc2cccnc2)cc1OC. The van der Waals surface area contributed by atoms with Crippen molar-refractivity contribution in [2.75, 3.05) is 19.5 Å². The second kappa shape index (κ2) is 6.29. The lowest BCUT2D eigenvalue weighted by Gasteiger charge is -2.13. The van der Waals surface area contributed by atoms with Crippen molar-refractivity contribution in [3.63, 3.8) is 0 Å². The molecule has 0 radical (unpaired) electrons. The smallest absolute Gasteiger partial charge is 0.162 e. The van der Waals surface area contributed by atoms with Gasteiger partial charge in [0, 0.05) is 31.1 Å². The summed E-state index contributed by atoms with van der Waals surface area (Å²) in [6.45, 7) is 0.642. The molecule has 5 heteroatoms. The summed E-state index contributed by atoms with van der Waals surface area (Å²) in [6, 6.07) is 7.44. The maximum absolute atomic E-state index is 6.19. The van der Waals surface area contributed by atoms with Crippen LogP contribution in [0, 0.1) is 0 Å². The minimum absolute atomic E-state index is 0.585. The Bertz CT molecular complexity index is 547. The third-order valence-corrected chi connectivity index (χ3v) is 2.99. The molecule has 2 rings (SSSR count). The van der Waals surface area contributed by atoms with Crippen LogP contribution in [0.25, 0.3) is 0 Å². The molecule has 4 nitrogen and oxygen atoms in total. The first-order chi connectivity index (χ1) is 9.24. The van der Waals surface area contributed by atoms with Crippen LogP contribution in [0.5, 0.6) is 11.5 Å². The van der Waals surface area contributed by atoms with Gasteiger partial charge in [-0.1, -0.05) is 17.7 Å². The van der Waals surface area contributed by atoms with E-state index in [2.05, 4.69) is 10.3 Å². The van der Waals surface area contributed by atoms with Crippen molar-refractivity contribution in [1.82, 2.24) is 4.98 Å². The lowest BCUT2D eigenvalue weighted by atomic mass is 10.2. The van der Waals surface area contributed by atoms with E-state index in [0.717, 1.165) is 11.3 Å². The Morgan fingerprint density at radius 1 is 1.21 bits per heavy atom. The van der Waals surface area contributed by atoms with E-state index in [9.17, 15) is 0 Å². The van der Waals surface area contributed by atoms with Crippen LogP contribution in [0.3, 0.4) is 0 Å². The predicted molar refractivity (Wildman–Crippen MR) is 76.1 cm³/mol. The van der Waals surface area contributed by atoms with E-state index in [4.69, 9.17) is 21.1 Å². The highest BCUT2D eigenvalue weighted by Gasteiger charge is 2.09. The molecule has 0 unspecified atom stereocenters. The zero-order chi connectivity index (χ0) is 13.7. The van der Waals surface area contributed by atoms with Gasteiger partial charge in [0.05, 0.1) is 24.9 Å². The molecule has 0 fully saturated rings. The summed E-state index contributed by atoms with van der Waals surface area (Å²) in [5.41, 5.74) is 1.87. The first-order valence-corrected chi connectivity index (χ1v) is 6.16. The van der Waals surface area contributed by atoms with Crippen molar-refractivity contribution in [2.45, 2.75) is 6.54 Å². The van der Waals surface area contributed by atoms with Gasteiger partial charge >= 0.3 is 0 Å². The summed E-state index contributed by atoms with van der Waals surface area (Å²) in [5.74, 6) is 1.25. The third kappa shape index (κ3) is 3.29. The Kier molecular flexibility index (Phi) is 4.47. The fourth-order valence-corrected chi connectivity index (χ4v) is 1.91. The number of nitrogens with zero attached hydrogens (tertiary/aromatic N) is 1. The molecule has 1 N–H and O–H groups in total. The summed E-state index contributed by atoms with van der Waals surface area (Å²) >= 11 is 6.19. The molecule has 1 aromatic carbocycles. The highest BCUT2D eigenvalue weighted by atomic mass is 35.5. The average molecular weight is 279 g/mol. The largest absolute Gasteiger partial charge is 0.493 e. The molecule has 0 saturated carbocycles. The first kappa shape index (κ1) is 13.5. The lowest BCUT2D eigenvalue weighted by Crippen LogP contribution is -2.01. The van der Waals surface area contributed by atoms with Gasteiger partial charge in [-0.25, -0.2) is 0 Å². The number of nitrogens with one attached hydrogen (secondary N) is 1. The Labute approximate surface area is 117 Å². The van der Waals surface area contributed by atoms with Gasteiger partial charge in [0.2, 0.25) is 0 Å². The van der Waals surface area contributed by atoms with E-state index in [1.807, 2.05) is 24.4 Å². The molecular formula is C14H15ClN2O2. The highest BCUT2D eigenvalue weighted by Crippen LogP contribution is 2.36. The number of anilines is 1. The van der Waals surface area contributed by atoms with E-state index in [-0.39, 0.29) is 0 Å². The monoisotopic (exact) mass is 278 g/mol. The van der Waals surface area contributed by atoms with E-state index in [0.29, 0.717) is 23.1 Å². The van der Waals surface area contributed by atoms with E-state index < -0.39 is 0 Å². The van der Waals surface area contributed by atoms with Gasteiger partial charge in [-0.3, -0.25) is 4.98 Å². The van der Waals surface area contributed by atoms with Crippen molar-refractivity contribution >= 4 is 17.3 Å². The first-order valence-electron chi connectivity index (χ1n) is 5.79. The minimum Gasteiger partial charge on any atom is -0.493 e. The summed E-state index contributed by atoms with van der Waals surface area (Å²) in [4.78, 5) is 4.06. The number of halogens is 1. The summed E-state index contributed by atoms with van der Waals surface area (Å²) in [5, 5.41) is 3.83. The second-order valence-corrected chi connectivity index (χ2v) is 4.31. The summed E-state index contributed by atoms with van der Waals surface area (Å²) < 4.78 is 10.4. The zero-order valence-electron chi connectivity index (χ0n) is 10.8. The number of rotatable bonds is 5. The average Bonchev–Trinajstić information content (AvgIpc) is 2.46. The van der Waals surface area contributed by atoms with Crippen LogP contribution >= 0.6 is 11.6 Å². The van der Waals surface area contributed by atoms with Gasteiger partial charge in [0.15, 0.2) is 11.5 Å². The number of benzene rings is 1. The summed E-state index contributed by atoms with van der Waals surface area (Å²) in [7, 11) is 3.17. The molecule has 0 bridgehead atoms. The number of hydrogen-bond acceptors (Lipinski definition) is 4. The molecule has 2 aromatic rings. The predicted octanol–water partition coefficient (Wildman–Crippen LogP) is 3.36. The van der Waals surface area contributed by atoms with Crippen LogP contribution in [-0.4, -0.2) is 19.2 Å². The number of aromatic nitrogens is 1. The molecule has 100 valence electrons. The van der Waals surface area contributed by atoms with E-state index in [1.54, 1.807) is 26.5 Å². The van der Waals surface area contributed by atoms with Crippen LogP contribution in [0.4, 0.5) is 5.69 Å². The molecule has 0 spiro atoms. The number of ether oxygens (including phenoxy) is 2. The van der Waals surface area contributed by atoms with Crippen LogP contribution in [-0.2, 0) is 6.54 Å². The Morgan fingerprint density at radius 3 is 2.58 bits per heavy atom. The van der Waals surface area contributed by atoms with Crippen molar-refractivity contribution in [3.8, 4) is 11.5 Å². The highest BCUT2D eigenvalue weighted by molar-refractivity contribution is 6.33. The zero-order valence-corrected chi connectivity index (χ0v) is 11.6. The number of pyridine rings is 1. The van der Waals surface area contributed by atoms with Crippen LogP contribution in [0.15, 0.2) is 36.7 Å². The van der Waals surface area contributed by atoms with Crippen LogP contribution < -0.4 is 14.8 Å². The van der Waals surface area contributed by atoms with Crippen molar-refractivity contribution < 1.29 is 9.47 Å². The molecule has 0 aliphatic carbocycles. The number of hydrogen-bond donors (Lipinski definition) is 1. The van der Waals surface area contributed by atoms with Gasteiger partial charge in [-0.2, -0.15) is 0 Å². The van der Waals surface area contributed by atoms with Gasteiger partial charge in [-0.15, -0.1) is 0 Å². The normalized spacial score (nSPS) is 10.1. The molecule has 0 amide bonds. The number of methoxy groups -OCH3 is 2. The second-order valence-electron chi connectivity index (χ2n) is 3.90. The maximum Gasteiger partial charge on any atom is 0.162 e. The molecule has 19 heavy (non-hydrogen) atoms. The molecule has 1 heterocycles. The quantitative estimate of drug-likeness (QED) is 0.911. The van der Waals surface area contributed by atoms with Crippen LogP contribution in [0.1, 0.15) is 5.56 Å². The van der Waals surface area contributed by atoms with Crippen molar-refractivity contribution in [3.05, 3.63) is 47.2 Å². The third-order valence-electron chi connectivity index (χ3n) is 2.68. The van der Waals surface area contributed by atoms with Gasteiger partial charge in [0.25, 0.3) is 0 Å². The molecule has 1 aromatic heterocycles. The molecule has 0 aliphatic heterocycles. The van der Waals surface area contributed by atoms with Gasteiger partial charge in [0.1, 0.15) is 0 Å². The van der Waals surface area contributed by atoms with Crippen LogP contribution in [0.2, 0.25) is 5.02 Å².